The molecule has 0 unspecified atom stereocenters. The van der Waals surface area contributed by atoms with Gasteiger partial charge >= 0.3 is 0 Å². The molecule has 5 heteroatoms. The second kappa shape index (κ2) is 9.56. The lowest BCUT2D eigenvalue weighted by Gasteiger charge is -2.38. The van der Waals surface area contributed by atoms with Crippen molar-refractivity contribution in [2.75, 3.05) is 26.2 Å². The van der Waals surface area contributed by atoms with Crippen molar-refractivity contribution in [1.29, 1.82) is 0 Å². The Morgan fingerprint density at radius 3 is 2.14 bits per heavy atom. The lowest BCUT2D eigenvalue weighted by atomic mass is 9.90. The van der Waals surface area contributed by atoms with Gasteiger partial charge in [0, 0.05) is 35.8 Å². The zero-order valence-electron chi connectivity index (χ0n) is 12.3. The van der Waals surface area contributed by atoms with Gasteiger partial charge < -0.3 is 5.32 Å². The van der Waals surface area contributed by atoms with Crippen molar-refractivity contribution >= 4 is 47.4 Å². The van der Waals surface area contributed by atoms with Crippen LogP contribution in [0.3, 0.4) is 0 Å². The van der Waals surface area contributed by atoms with Gasteiger partial charge in [-0.2, -0.15) is 0 Å². The molecule has 1 saturated heterocycles. The molecule has 0 spiro atoms. The highest BCUT2D eigenvalue weighted by atomic mass is 127. The molecule has 1 aliphatic carbocycles. The molecule has 0 radical (unpaired) electrons. The number of benzene rings is 1. The van der Waals surface area contributed by atoms with E-state index in [2.05, 4.69) is 57.1 Å². The summed E-state index contributed by atoms with van der Waals surface area (Å²) in [5.41, 5.74) is 1.54. The first-order chi connectivity index (χ1) is 9.34. The molecule has 1 atom stereocenters. The van der Waals surface area contributed by atoms with E-state index in [-0.39, 0.29) is 24.8 Å². The first kappa shape index (κ1) is 19.5. The van der Waals surface area contributed by atoms with Gasteiger partial charge in [-0.1, -0.05) is 25.0 Å². The first-order valence-electron chi connectivity index (χ1n) is 7.55. The van der Waals surface area contributed by atoms with Crippen LogP contribution in [0.25, 0.3) is 0 Å². The number of piperazine rings is 1. The SMILES string of the molecule is Cl.Cl.Ic1ccc([C@@H](C2CCCC2)N2CCNCC2)cc1. The smallest absolute Gasteiger partial charge is 0.0377 e. The Labute approximate surface area is 154 Å². The Morgan fingerprint density at radius 1 is 1.00 bits per heavy atom. The van der Waals surface area contributed by atoms with Crippen LogP contribution in [0.15, 0.2) is 24.3 Å². The number of hydrogen-bond donors (Lipinski definition) is 1. The van der Waals surface area contributed by atoms with Crippen molar-refractivity contribution < 1.29 is 0 Å². The summed E-state index contributed by atoms with van der Waals surface area (Å²) in [5, 5.41) is 3.48. The quantitative estimate of drug-likeness (QED) is 0.703. The molecule has 0 aromatic heterocycles. The molecule has 1 saturated carbocycles. The lowest BCUT2D eigenvalue weighted by molar-refractivity contribution is 0.125. The Morgan fingerprint density at radius 2 is 1.57 bits per heavy atom. The average molecular weight is 443 g/mol. The van der Waals surface area contributed by atoms with E-state index in [1.165, 1.54) is 47.9 Å². The summed E-state index contributed by atoms with van der Waals surface area (Å²) >= 11 is 2.40. The standard InChI is InChI=1S/C16H23IN2.2ClH/c17-15-7-5-14(6-8-15)16(13-3-1-2-4-13)19-11-9-18-10-12-19;;/h5-8,13,16,18H,1-4,9-12H2;2*1H/t16-;;/m1../s1. The monoisotopic (exact) mass is 442 g/mol. The van der Waals surface area contributed by atoms with E-state index in [0.29, 0.717) is 6.04 Å². The second-order valence-electron chi connectivity index (χ2n) is 5.83. The zero-order chi connectivity index (χ0) is 13.1. The van der Waals surface area contributed by atoms with Gasteiger partial charge in [-0.05, 0) is 59.0 Å². The van der Waals surface area contributed by atoms with E-state index in [0.717, 1.165) is 19.0 Å². The van der Waals surface area contributed by atoms with Crippen LogP contribution >= 0.6 is 47.4 Å². The predicted molar refractivity (Wildman–Crippen MR) is 103 cm³/mol. The van der Waals surface area contributed by atoms with Crippen LogP contribution in [-0.2, 0) is 0 Å². The third-order valence-corrected chi connectivity index (χ3v) is 5.32. The fraction of sp³-hybridized carbons (Fsp3) is 0.625. The molecule has 2 fully saturated rings. The molecule has 1 aromatic rings. The Kier molecular flexibility index (Phi) is 8.87. The van der Waals surface area contributed by atoms with Crippen LogP contribution in [0.5, 0.6) is 0 Å². The molecule has 1 aromatic carbocycles. The summed E-state index contributed by atoms with van der Waals surface area (Å²) < 4.78 is 1.34. The number of rotatable bonds is 3. The molecule has 2 nitrogen and oxygen atoms in total. The van der Waals surface area contributed by atoms with Gasteiger partial charge in [-0.15, -0.1) is 24.8 Å². The van der Waals surface area contributed by atoms with Crippen LogP contribution in [0.2, 0.25) is 0 Å². The fourth-order valence-corrected chi connectivity index (χ4v) is 4.03. The van der Waals surface area contributed by atoms with Gasteiger partial charge in [0.25, 0.3) is 0 Å². The fourth-order valence-electron chi connectivity index (χ4n) is 3.67. The molecule has 1 aliphatic heterocycles. The van der Waals surface area contributed by atoms with Gasteiger partial charge in [0.05, 0.1) is 0 Å². The topological polar surface area (TPSA) is 15.3 Å². The predicted octanol–water partition coefficient (Wildman–Crippen LogP) is 4.27. The van der Waals surface area contributed by atoms with Crippen LogP contribution in [0.1, 0.15) is 37.3 Å². The van der Waals surface area contributed by atoms with Crippen molar-refractivity contribution in [3.8, 4) is 0 Å². The Balaban J connectivity index is 0.00000110. The number of hydrogen-bond acceptors (Lipinski definition) is 2. The Hall–Kier alpha value is 0.450. The number of nitrogens with one attached hydrogen (secondary N) is 1. The summed E-state index contributed by atoms with van der Waals surface area (Å²) in [5.74, 6) is 0.873. The summed E-state index contributed by atoms with van der Waals surface area (Å²) in [6, 6.07) is 9.89. The van der Waals surface area contributed by atoms with E-state index in [9.17, 15) is 0 Å². The molecular formula is C16H25Cl2IN2. The van der Waals surface area contributed by atoms with Gasteiger partial charge in [0.1, 0.15) is 0 Å². The van der Waals surface area contributed by atoms with Gasteiger partial charge in [-0.3, -0.25) is 4.90 Å². The number of halogens is 3. The molecular weight excluding hydrogens is 418 g/mol. The summed E-state index contributed by atoms with van der Waals surface area (Å²) in [7, 11) is 0. The highest BCUT2D eigenvalue weighted by Gasteiger charge is 2.31. The lowest BCUT2D eigenvalue weighted by Crippen LogP contribution is -2.46. The van der Waals surface area contributed by atoms with Crippen molar-refractivity contribution in [2.45, 2.75) is 31.7 Å². The van der Waals surface area contributed by atoms with Crippen LogP contribution < -0.4 is 5.32 Å². The third kappa shape index (κ3) is 4.96. The van der Waals surface area contributed by atoms with E-state index in [1.807, 2.05) is 0 Å². The van der Waals surface area contributed by atoms with Gasteiger partial charge in [0.2, 0.25) is 0 Å². The number of nitrogens with zero attached hydrogens (tertiary/aromatic N) is 1. The Bertz CT molecular complexity index is 401. The van der Waals surface area contributed by atoms with E-state index >= 15 is 0 Å². The minimum Gasteiger partial charge on any atom is -0.314 e. The summed E-state index contributed by atoms with van der Waals surface area (Å²) in [6.07, 6.45) is 5.69. The molecule has 1 heterocycles. The van der Waals surface area contributed by atoms with Crippen molar-refractivity contribution in [3.63, 3.8) is 0 Å². The molecule has 120 valence electrons. The average Bonchev–Trinajstić information content (AvgIpc) is 2.96. The van der Waals surface area contributed by atoms with Gasteiger partial charge in [0.15, 0.2) is 0 Å². The van der Waals surface area contributed by atoms with E-state index in [4.69, 9.17) is 0 Å². The van der Waals surface area contributed by atoms with E-state index in [1.54, 1.807) is 0 Å². The zero-order valence-corrected chi connectivity index (χ0v) is 16.1. The maximum Gasteiger partial charge on any atom is 0.0377 e. The third-order valence-electron chi connectivity index (χ3n) is 4.60. The van der Waals surface area contributed by atoms with Crippen LogP contribution in [0, 0.1) is 9.49 Å². The normalized spacial score (nSPS) is 21.4. The summed E-state index contributed by atoms with van der Waals surface area (Å²) in [4.78, 5) is 2.72. The van der Waals surface area contributed by atoms with Gasteiger partial charge in [-0.25, -0.2) is 0 Å². The molecule has 0 bridgehead atoms. The van der Waals surface area contributed by atoms with Crippen molar-refractivity contribution in [1.82, 2.24) is 10.2 Å². The van der Waals surface area contributed by atoms with E-state index < -0.39 is 0 Å². The van der Waals surface area contributed by atoms with Crippen molar-refractivity contribution in [3.05, 3.63) is 33.4 Å². The highest BCUT2D eigenvalue weighted by Crippen LogP contribution is 2.39. The molecule has 1 N–H and O–H groups in total. The molecule has 21 heavy (non-hydrogen) atoms. The maximum atomic E-state index is 3.48. The largest absolute Gasteiger partial charge is 0.314 e. The van der Waals surface area contributed by atoms with Crippen molar-refractivity contribution in [2.24, 2.45) is 5.92 Å². The summed E-state index contributed by atoms with van der Waals surface area (Å²) in [6.45, 7) is 4.70. The second-order valence-corrected chi connectivity index (χ2v) is 7.07. The van der Waals surface area contributed by atoms with Crippen LogP contribution in [0.4, 0.5) is 0 Å². The maximum absolute atomic E-state index is 3.48. The highest BCUT2D eigenvalue weighted by molar-refractivity contribution is 14.1. The minimum absolute atomic E-state index is 0. The molecule has 0 amide bonds. The molecule has 2 aliphatic rings. The molecule has 3 rings (SSSR count). The minimum atomic E-state index is 0. The van der Waals surface area contributed by atoms with Crippen LogP contribution in [-0.4, -0.2) is 31.1 Å². The first-order valence-corrected chi connectivity index (χ1v) is 8.63.